The van der Waals surface area contributed by atoms with Gasteiger partial charge in [0.25, 0.3) is 0 Å². The Hall–Kier alpha value is -1.88. The van der Waals surface area contributed by atoms with Crippen molar-refractivity contribution in [2.75, 3.05) is 11.4 Å². The Morgan fingerprint density at radius 3 is 2.79 bits per heavy atom. The Labute approximate surface area is 117 Å². The molecular weight excluding hydrogens is 264 g/mol. The highest BCUT2D eigenvalue weighted by atomic mass is 35.5. The second-order valence-electron chi connectivity index (χ2n) is 3.72. The third-order valence-corrected chi connectivity index (χ3v) is 2.82. The molecule has 102 valence electrons. The van der Waals surface area contributed by atoms with Crippen LogP contribution < -0.4 is 4.90 Å². The molecule has 0 fully saturated rings. The first kappa shape index (κ1) is 15.2. The van der Waals surface area contributed by atoms with Crippen molar-refractivity contribution >= 4 is 23.2 Å². The molecule has 0 aliphatic rings. The first-order valence-electron chi connectivity index (χ1n) is 5.57. The van der Waals surface area contributed by atoms with Crippen LogP contribution in [0.3, 0.4) is 0 Å². The number of aromatic nitrogens is 3. The van der Waals surface area contributed by atoms with Crippen LogP contribution in [0.5, 0.6) is 0 Å². The highest BCUT2D eigenvalue weighted by Gasteiger charge is 2.17. The zero-order valence-electron chi connectivity index (χ0n) is 10.2. The van der Waals surface area contributed by atoms with Gasteiger partial charge in [-0.15, -0.1) is 0 Å². The van der Waals surface area contributed by atoms with Crippen LogP contribution in [0.15, 0.2) is 30.7 Å². The second-order valence-corrected chi connectivity index (χ2v) is 4.08. The van der Waals surface area contributed by atoms with Gasteiger partial charge in [-0.25, -0.2) is 4.68 Å². The summed E-state index contributed by atoms with van der Waals surface area (Å²) in [7, 11) is 0. The lowest BCUT2D eigenvalue weighted by atomic mass is 10.4. The molecule has 2 aromatic rings. The maximum Gasteiger partial charge on any atom is 0.223 e. The van der Waals surface area contributed by atoms with E-state index in [0.29, 0.717) is 17.4 Å². The number of amides is 1. The summed E-state index contributed by atoms with van der Waals surface area (Å²) in [5.41, 5.74) is 1.40. The number of hydrogen-bond donors (Lipinski definition) is 0. The largest absolute Gasteiger partial charge is 0.309 e. The summed E-state index contributed by atoms with van der Waals surface area (Å²) < 4.78 is 1.61. The molecular formula is C13H17ClN4O. The van der Waals surface area contributed by atoms with Crippen LogP contribution in [0.25, 0.3) is 5.69 Å². The molecule has 0 spiro atoms. The minimum atomic E-state index is -0.0647. The van der Waals surface area contributed by atoms with Gasteiger partial charge in [-0.1, -0.05) is 19.0 Å². The Morgan fingerprint density at radius 2 is 2.26 bits per heavy atom. The average Bonchev–Trinajstić information content (AvgIpc) is 2.73. The number of hydrogen-bond acceptors (Lipinski definition) is 3. The summed E-state index contributed by atoms with van der Waals surface area (Å²) >= 11 is 6.07. The maximum absolute atomic E-state index is 11.5. The highest BCUT2D eigenvalue weighted by Crippen LogP contribution is 2.25. The van der Waals surface area contributed by atoms with E-state index in [0.717, 1.165) is 5.69 Å². The van der Waals surface area contributed by atoms with Crippen molar-refractivity contribution in [2.45, 2.75) is 21.3 Å². The van der Waals surface area contributed by atoms with Crippen LogP contribution in [-0.4, -0.2) is 27.2 Å². The number of carbonyl (C=O) groups excluding carboxylic acids is 1. The summed E-state index contributed by atoms with van der Waals surface area (Å²) in [6.45, 7) is 3.94. The van der Waals surface area contributed by atoms with E-state index in [1.54, 1.807) is 28.2 Å². The molecule has 0 saturated heterocycles. The van der Waals surface area contributed by atoms with Gasteiger partial charge in [-0.2, -0.15) is 5.10 Å². The number of nitrogens with zero attached hydrogens (tertiary/aromatic N) is 4. The lowest BCUT2D eigenvalue weighted by Gasteiger charge is -2.16. The topological polar surface area (TPSA) is 51.0 Å². The molecule has 0 unspecified atom stereocenters. The standard InChI is InChI=1S/C12H13ClN4O.CH4/c1-3-16(9(2)18)11-8-17(15-12(11)13)10-5-4-6-14-7-10;/h4-8H,3H2,1-2H3;1H4. The number of anilines is 1. The summed E-state index contributed by atoms with van der Waals surface area (Å²) in [6.07, 6.45) is 5.09. The van der Waals surface area contributed by atoms with Crippen LogP contribution in [0.2, 0.25) is 5.15 Å². The van der Waals surface area contributed by atoms with Gasteiger partial charge in [0.2, 0.25) is 5.91 Å². The van der Waals surface area contributed by atoms with Crippen molar-refractivity contribution < 1.29 is 4.79 Å². The Bertz CT molecular complexity index is 553. The van der Waals surface area contributed by atoms with Crippen molar-refractivity contribution in [3.8, 4) is 5.69 Å². The van der Waals surface area contributed by atoms with Crippen LogP contribution in [0, 0.1) is 0 Å². The van der Waals surface area contributed by atoms with Gasteiger partial charge >= 0.3 is 0 Å². The van der Waals surface area contributed by atoms with E-state index in [-0.39, 0.29) is 13.3 Å². The predicted octanol–water partition coefficient (Wildman–Crippen LogP) is 2.93. The molecule has 5 nitrogen and oxygen atoms in total. The van der Waals surface area contributed by atoms with Crippen LogP contribution in [0.1, 0.15) is 21.3 Å². The van der Waals surface area contributed by atoms with Gasteiger partial charge in [0.05, 0.1) is 18.1 Å². The molecule has 2 rings (SSSR count). The summed E-state index contributed by atoms with van der Waals surface area (Å²) in [5, 5.41) is 4.48. The van der Waals surface area contributed by atoms with Crippen molar-refractivity contribution in [1.29, 1.82) is 0 Å². The molecule has 19 heavy (non-hydrogen) atoms. The van der Waals surface area contributed by atoms with Gasteiger partial charge in [-0.05, 0) is 19.1 Å². The zero-order chi connectivity index (χ0) is 13.1. The van der Waals surface area contributed by atoms with E-state index in [2.05, 4.69) is 10.1 Å². The molecule has 0 aromatic carbocycles. The van der Waals surface area contributed by atoms with E-state index in [1.807, 2.05) is 19.1 Å². The fourth-order valence-electron chi connectivity index (χ4n) is 1.71. The van der Waals surface area contributed by atoms with E-state index >= 15 is 0 Å². The van der Waals surface area contributed by atoms with Crippen molar-refractivity contribution in [1.82, 2.24) is 14.8 Å². The van der Waals surface area contributed by atoms with Crippen molar-refractivity contribution in [2.24, 2.45) is 0 Å². The van der Waals surface area contributed by atoms with Gasteiger partial charge in [0.1, 0.15) is 5.69 Å². The quantitative estimate of drug-likeness (QED) is 0.868. The molecule has 1 amide bonds. The fraction of sp³-hybridized carbons (Fsp3) is 0.308. The molecule has 0 atom stereocenters. The monoisotopic (exact) mass is 280 g/mol. The molecule has 0 bridgehead atoms. The Morgan fingerprint density at radius 1 is 1.53 bits per heavy atom. The first-order valence-corrected chi connectivity index (χ1v) is 5.95. The molecule has 2 aromatic heterocycles. The number of pyridine rings is 1. The van der Waals surface area contributed by atoms with Crippen LogP contribution in [-0.2, 0) is 4.79 Å². The third-order valence-electron chi connectivity index (χ3n) is 2.55. The molecule has 0 aliphatic heterocycles. The summed E-state index contributed by atoms with van der Waals surface area (Å²) in [6, 6.07) is 3.68. The van der Waals surface area contributed by atoms with E-state index < -0.39 is 0 Å². The smallest absolute Gasteiger partial charge is 0.223 e. The number of halogens is 1. The highest BCUT2D eigenvalue weighted by molar-refractivity contribution is 6.32. The fourth-order valence-corrected chi connectivity index (χ4v) is 1.94. The van der Waals surface area contributed by atoms with Gasteiger partial charge in [-0.3, -0.25) is 9.78 Å². The van der Waals surface area contributed by atoms with Crippen LogP contribution in [0.4, 0.5) is 5.69 Å². The van der Waals surface area contributed by atoms with E-state index in [9.17, 15) is 4.79 Å². The minimum Gasteiger partial charge on any atom is -0.309 e. The summed E-state index contributed by atoms with van der Waals surface area (Å²) in [5.74, 6) is -0.0647. The SMILES string of the molecule is C.CCN(C(C)=O)c1cn(-c2cccnc2)nc1Cl. The van der Waals surface area contributed by atoms with E-state index in [1.165, 1.54) is 6.92 Å². The zero-order valence-corrected chi connectivity index (χ0v) is 10.9. The lowest BCUT2D eigenvalue weighted by Crippen LogP contribution is -2.27. The van der Waals surface area contributed by atoms with Gasteiger partial charge < -0.3 is 4.90 Å². The Balaban J connectivity index is 0.00000180. The summed E-state index contributed by atoms with van der Waals surface area (Å²) in [4.78, 5) is 17.1. The molecule has 2 heterocycles. The third kappa shape index (κ3) is 3.12. The average molecular weight is 281 g/mol. The Kier molecular flexibility index (Phi) is 5.06. The molecule has 0 N–H and O–H groups in total. The van der Waals surface area contributed by atoms with Gasteiger partial charge in [0, 0.05) is 19.7 Å². The van der Waals surface area contributed by atoms with Gasteiger partial charge in [0.15, 0.2) is 5.15 Å². The predicted molar refractivity (Wildman–Crippen MR) is 76.8 cm³/mol. The number of carbonyl (C=O) groups is 1. The molecule has 6 heteroatoms. The molecule has 0 radical (unpaired) electrons. The van der Waals surface area contributed by atoms with Crippen molar-refractivity contribution in [3.63, 3.8) is 0 Å². The molecule has 0 aliphatic carbocycles. The normalized spacial score (nSPS) is 9.84. The maximum atomic E-state index is 11.5. The van der Waals surface area contributed by atoms with Crippen molar-refractivity contribution in [3.05, 3.63) is 35.9 Å². The minimum absolute atomic E-state index is 0. The molecule has 0 saturated carbocycles. The van der Waals surface area contributed by atoms with E-state index in [4.69, 9.17) is 11.6 Å². The first-order chi connectivity index (χ1) is 8.63. The second kappa shape index (κ2) is 6.33. The van der Waals surface area contributed by atoms with Crippen LogP contribution >= 0.6 is 11.6 Å². The lowest BCUT2D eigenvalue weighted by molar-refractivity contribution is -0.116. The number of rotatable bonds is 3.